The SMILES string of the molecule is [B]C(P)O[C@H]1C(CO[Si](c2ccccc2)(c2ccccc2)C(C)(C)C)OC(SC)[C@@H](N=[N+]=[N-])[C@H]1C. The van der Waals surface area contributed by atoms with Crippen LogP contribution in [0, 0.1) is 5.92 Å². The quantitative estimate of drug-likeness (QED) is 0.156. The fraction of sp³-hybridized carbons (Fsp3) is 0.520. The Balaban J connectivity index is 2.04. The van der Waals surface area contributed by atoms with Gasteiger partial charge in [0.15, 0.2) is 0 Å². The van der Waals surface area contributed by atoms with Gasteiger partial charge in [0.2, 0.25) is 0 Å². The summed E-state index contributed by atoms with van der Waals surface area (Å²) in [4.78, 5) is 3.06. The molecule has 1 aliphatic rings. The first kappa shape index (κ1) is 28.3. The summed E-state index contributed by atoms with van der Waals surface area (Å²) in [6.45, 7) is 9.11. The average molecular weight is 528 g/mol. The van der Waals surface area contributed by atoms with Crippen molar-refractivity contribution in [3.63, 3.8) is 0 Å². The average Bonchev–Trinajstić information content (AvgIpc) is 2.83. The zero-order valence-corrected chi connectivity index (χ0v) is 24.0. The van der Waals surface area contributed by atoms with Gasteiger partial charge < -0.3 is 13.9 Å². The van der Waals surface area contributed by atoms with Gasteiger partial charge >= 0.3 is 0 Å². The molecule has 0 saturated carbocycles. The third kappa shape index (κ3) is 6.16. The van der Waals surface area contributed by atoms with Gasteiger partial charge in [-0.15, -0.1) is 21.0 Å². The van der Waals surface area contributed by atoms with E-state index in [1.54, 1.807) is 0 Å². The third-order valence-electron chi connectivity index (χ3n) is 6.62. The number of hydrogen-bond donors (Lipinski definition) is 0. The van der Waals surface area contributed by atoms with Crippen LogP contribution < -0.4 is 10.4 Å². The first-order valence-electron chi connectivity index (χ1n) is 11.8. The summed E-state index contributed by atoms with van der Waals surface area (Å²) in [5, 5.41) is 6.28. The Morgan fingerprint density at radius 3 is 2.11 bits per heavy atom. The molecule has 35 heavy (non-hydrogen) atoms. The second kappa shape index (κ2) is 12.3. The molecule has 0 bridgehead atoms. The maximum Gasteiger partial charge on any atom is 0.261 e. The van der Waals surface area contributed by atoms with Gasteiger partial charge in [0.05, 0.1) is 18.8 Å². The lowest BCUT2D eigenvalue weighted by Crippen LogP contribution is -2.68. The maximum absolute atomic E-state index is 9.14. The first-order chi connectivity index (χ1) is 16.7. The summed E-state index contributed by atoms with van der Waals surface area (Å²) < 4.78 is 19.7. The van der Waals surface area contributed by atoms with Gasteiger partial charge in [-0.3, -0.25) is 0 Å². The molecule has 0 N–H and O–H groups in total. The number of benzene rings is 2. The molecule has 2 aromatic rings. The highest BCUT2D eigenvalue weighted by Crippen LogP contribution is 2.39. The highest BCUT2D eigenvalue weighted by atomic mass is 32.2. The summed E-state index contributed by atoms with van der Waals surface area (Å²) in [5.74, 6) is -0.671. The van der Waals surface area contributed by atoms with Crippen molar-refractivity contribution in [2.24, 2.45) is 11.0 Å². The van der Waals surface area contributed by atoms with Crippen LogP contribution in [0.15, 0.2) is 65.8 Å². The first-order valence-corrected chi connectivity index (χ1v) is 15.7. The molecule has 2 radical (unpaired) electrons. The van der Waals surface area contributed by atoms with Crippen molar-refractivity contribution in [1.29, 1.82) is 0 Å². The van der Waals surface area contributed by atoms with Gasteiger partial charge in [0, 0.05) is 10.7 Å². The van der Waals surface area contributed by atoms with Gasteiger partial charge in [-0.05, 0) is 33.1 Å². The van der Waals surface area contributed by atoms with E-state index in [2.05, 4.69) is 88.6 Å². The second-order valence-corrected chi connectivity index (χ2v) is 15.8. The minimum atomic E-state index is -2.75. The van der Waals surface area contributed by atoms with Crippen LogP contribution in [0.4, 0.5) is 0 Å². The van der Waals surface area contributed by atoms with E-state index >= 15 is 0 Å². The molecule has 0 spiro atoms. The molecule has 1 saturated heterocycles. The number of ether oxygens (including phenoxy) is 2. The predicted octanol–water partition coefficient (Wildman–Crippen LogP) is 4.68. The molecular weight excluding hydrogens is 492 g/mol. The molecule has 1 aliphatic heterocycles. The van der Waals surface area contributed by atoms with E-state index < -0.39 is 14.1 Å². The van der Waals surface area contributed by atoms with E-state index in [0.29, 0.717) is 6.61 Å². The summed E-state index contributed by atoms with van der Waals surface area (Å²) in [5.41, 5.74) is 8.84. The molecule has 186 valence electrons. The van der Waals surface area contributed by atoms with Crippen LogP contribution in [-0.4, -0.2) is 58.5 Å². The molecule has 1 heterocycles. The molecule has 3 rings (SSSR count). The lowest BCUT2D eigenvalue weighted by Gasteiger charge is -2.47. The Bertz CT molecular complexity index is 953. The normalized spacial score (nSPS) is 26.1. The van der Waals surface area contributed by atoms with E-state index in [1.807, 2.05) is 25.3 Å². The van der Waals surface area contributed by atoms with Crippen molar-refractivity contribution in [3.05, 3.63) is 71.1 Å². The zero-order chi connectivity index (χ0) is 25.6. The fourth-order valence-electron chi connectivity index (χ4n) is 5.02. The second-order valence-electron chi connectivity index (χ2n) is 9.87. The standard InChI is InChI=1S/C25H35BN3O3PSSi/c1-17-21(28-29-27)23(34-5)31-20(22(17)32-24(26)33)16-30-35(25(2,3)4,18-12-8-6-9-13-18)19-14-10-7-11-15-19/h6-15,17,20-24H,16,33H2,1-5H3/t17-,20?,21+,22-,23?,24?/m1/s1. The number of hydrogen-bond acceptors (Lipinski definition) is 5. The summed E-state index contributed by atoms with van der Waals surface area (Å²) in [6, 6.07) is 20.7. The van der Waals surface area contributed by atoms with E-state index in [1.165, 1.54) is 22.1 Å². The lowest BCUT2D eigenvalue weighted by atomic mass is 9.89. The van der Waals surface area contributed by atoms with Gasteiger partial charge in [-0.25, -0.2) is 0 Å². The van der Waals surface area contributed by atoms with E-state index in [0.717, 1.165) is 0 Å². The van der Waals surface area contributed by atoms with E-state index in [9.17, 15) is 0 Å². The Hall–Kier alpha value is -1.31. The summed E-state index contributed by atoms with van der Waals surface area (Å²) in [7, 11) is 5.73. The van der Waals surface area contributed by atoms with Crippen LogP contribution in [-0.2, 0) is 13.9 Å². The molecule has 0 aromatic heterocycles. The molecule has 6 nitrogen and oxygen atoms in total. The fourth-order valence-corrected chi connectivity index (χ4v) is 10.6. The number of azide groups is 1. The van der Waals surface area contributed by atoms with E-state index in [4.69, 9.17) is 27.3 Å². The van der Waals surface area contributed by atoms with Crippen LogP contribution in [0.25, 0.3) is 10.4 Å². The largest absolute Gasteiger partial charge is 0.405 e. The van der Waals surface area contributed by atoms with Crippen molar-refractivity contribution in [2.45, 2.75) is 62.2 Å². The minimum Gasteiger partial charge on any atom is -0.405 e. The summed E-state index contributed by atoms with van der Waals surface area (Å²) >= 11 is 1.53. The molecule has 7 atom stereocenters. The molecule has 0 amide bonds. The van der Waals surface area contributed by atoms with Gasteiger partial charge in [0.25, 0.3) is 8.32 Å². The topological polar surface area (TPSA) is 76.5 Å². The predicted molar refractivity (Wildman–Crippen MR) is 152 cm³/mol. The van der Waals surface area contributed by atoms with Gasteiger partial charge in [-0.2, -0.15) is 0 Å². The van der Waals surface area contributed by atoms with Crippen molar-refractivity contribution in [3.8, 4) is 0 Å². The van der Waals surface area contributed by atoms with Crippen LogP contribution in [0.5, 0.6) is 0 Å². The maximum atomic E-state index is 9.14. The van der Waals surface area contributed by atoms with Crippen molar-refractivity contribution in [1.82, 2.24) is 0 Å². The van der Waals surface area contributed by atoms with Gasteiger partial charge in [-0.1, -0.05) is 93.5 Å². The molecule has 1 fully saturated rings. The third-order valence-corrected chi connectivity index (χ3v) is 12.6. The smallest absolute Gasteiger partial charge is 0.261 e. The number of nitrogens with zero attached hydrogens (tertiary/aromatic N) is 3. The molecule has 4 unspecified atom stereocenters. The number of thioether (sulfide) groups is 1. The summed E-state index contributed by atoms with van der Waals surface area (Å²) in [6.07, 6.45) is 1.19. The zero-order valence-electron chi connectivity index (χ0n) is 21.1. The van der Waals surface area contributed by atoms with Crippen molar-refractivity contribution >= 4 is 47.5 Å². The van der Waals surface area contributed by atoms with Crippen molar-refractivity contribution in [2.75, 3.05) is 12.9 Å². The minimum absolute atomic E-state index is 0.101. The van der Waals surface area contributed by atoms with E-state index in [-0.39, 0.29) is 34.6 Å². The lowest BCUT2D eigenvalue weighted by molar-refractivity contribution is -0.155. The van der Waals surface area contributed by atoms with Crippen molar-refractivity contribution < 1.29 is 13.9 Å². The Kier molecular flexibility index (Phi) is 9.92. The van der Waals surface area contributed by atoms with Crippen LogP contribution in [0.1, 0.15) is 27.7 Å². The van der Waals surface area contributed by atoms with Crippen LogP contribution in [0.3, 0.4) is 0 Å². The molecule has 10 heteroatoms. The molecule has 2 aromatic carbocycles. The Morgan fingerprint density at radius 1 is 1.14 bits per heavy atom. The number of rotatable bonds is 9. The molecule has 0 aliphatic carbocycles. The Labute approximate surface area is 218 Å². The van der Waals surface area contributed by atoms with Crippen LogP contribution in [0.2, 0.25) is 5.04 Å². The highest BCUT2D eigenvalue weighted by molar-refractivity contribution is 7.99. The van der Waals surface area contributed by atoms with Gasteiger partial charge in [0.1, 0.15) is 19.4 Å². The molecular formula is C25H35BN3O3PSSi. The highest BCUT2D eigenvalue weighted by Gasteiger charge is 2.52. The van der Waals surface area contributed by atoms with Crippen LogP contribution >= 0.6 is 21.0 Å². The monoisotopic (exact) mass is 527 g/mol. The Morgan fingerprint density at radius 2 is 1.69 bits per heavy atom.